The molecule has 0 aliphatic carbocycles. The molecule has 126 valence electrons. The largest absolute Gasteiger partial charge is 0.490 e. The van der Waals surface area contributed by atoms with Crippen molar-refractivity contribution >= 4 is 33.6 Å². The second kappa shape index (κ2) is 9.13. The molecule has 2 aromatic carbocycles. The van der Waals surface area contributed by atoms with Gasteiger partial charge in [-0.05, 0) is 55.8 Å². The highest BCUT2D eigenvalue weighted by Gasteiger charge is 2.05. The number of hydrogen-bond acceptors (Lipinski definition) is 3. The van der Waals surface area contributed by atoms with Crippen molar-refractivity contribution in [3.8, 4) is 11.5 Å². The van der Waals surface area contributed by atoms with Gasteiger partial charge in [0.25, 0.3) is 0 Å². The Kier molecular flexibility index (Phi) is 6.88. The van der Waals surface area contributed by atoms with Gasteiger partial charge in [0.05, 0.1) is 13.2 Å². The molecule has 2 rings (SSSR count). The van der Waals surface area contributed by atoms with Gasteiger partial charge in [-0.15, -0.1) is 0 Å². The number of rotatable bonds is 7. The summed E-state index contributed by atoms with van der Waals surface area (Å²) in [5.74, 6) is 1.18. The van der Waals surface area contributed by atoms with Crippen LogP contribution in [0.5, 0.6) is 11.5 Å². The molecule has 0 aromatic heterocycles. The van der Waals surface area contributed by atoms with Crippen LogP contribution >= 0.6 is 15.9 Å². The van der Waals surface area contributed by atoms with Crippen LogP contribution in [0.15, 0.2) is 53.0 Å². The van der Waals surface area contributed by atoms with Crippen LogP contribution in [0.4, 0.5) is 5.69 Å². The highest BCUT2D eigenvalue weighted by molar-refractivity contribution is 9.10. The lowest BCUT2D eigenvalue weighted by Gasteiger charge is -2.11. The fourth-order valence-corrected chi connectivity index (χ4v) is 2.49. The molecule has 2 aromatic rings. The molecule has 0 aliphatic rings. The summed E-state index contributed by atoms with van der Waals surface area (Å²) >= 11 is 3.37. The molecule has 0 radical (unpaired) electrons. The monoisotopic (exact) mass is 389 g/mol. The number of halogens is 1. The van der Waals surface area contributed by atoms with Gasteiger partial charge in [0, 0.05) is 16.2 Å². The molecule has 0 atom stereocenters. The summed E-state index contributed by atoms with van der Waals surface area (Å²) < 4.78 is 12.0. The standard InChI is InChI=1S/C19H20BrNO3/c1-3-23-17-10-8-14(12-18(17)24-4-2)9-11-19(22)21-16-7-5-6-15(20)13-16/h5-13H,3-4H2,1-2H3,(H,21,22). The van der Waals surface area contributed by atoms with Crippen LogP contribution in [0.3, 0.4) is 0 Å². The van der Waals surface area contributed by atoms with Crippen molar-refractivity contribution in [2.24, 2.45) is 0 Å². The zero-order valence-corrected chi connectivity index (χ0v) is 15.3. The van der Waals surface area contributed by atoms with Crippen molar-refractivity contribution in [1.82, 2.24) is 0 Å². The lowest BCUT2D eigenvalue weighted by atomic mass is 10.2. The molecule has 5 heteroatoms. The quantitative estimate of drug-likeness (QED) is 0.685. The number of amides is 1. The summed E-state index contributed by atoms with van der Waals surface area (Å²) in [4.78, 5) is 12.0. The van der Waals surface area contributed by atoms with Crippen LogP contribution in [0.1, 0.15) is 19.4 Å². The third-order valence-electron chi connectivity index (χ3n) is 3.09. The average Bonchev–Trinajstić information content (AvgIpc) is 2.55. The van der Waals surface area contributed by atoms with Crippen LogP contribution in [-0.4, -0.2) is 19.1 Å². The summed E-state index contributed by atoms with van der Waals surface area (Å²) in [6, 6.07) is 13.0. The predicted octanol–water partition coefficient (Wildman–Crippen LogP) is 4.90. The Bertz CT molecular complexity index is 728. The van der Waals surface area contributed by atoms with E-state index in [1.54, 1.807) is 6.08 Å². The molecule has 24 heavy (non-hydrogen) atoms. The number of hydrogen-bond donors (Lipinski definition) is 1. The highest BCUT2D eigenvalue weighted by Crippen LogP contribution is 2.29. The van der Waals surface area contributed by atoms with Crippen molar-refractivity contribution in [3.05, 3.63) is 58.6 Å². The van der Waals surface area contributed by atoms with Gasteiger partial charge in [0.2, 0.25) is 5.91 Å². The summed E-state index contributed by atoms with van der Waals surface area (Å²) in [6.45, 7) is 4.97. The second-order valence-corrected chi connectivity index (χ2v) is 5.82. The molecule has 0 heterocycles. The molecule has 1 N–H and O–H groups in total. The fourth-order valence-electron chi connectivity index (χ4n) is 2.09. The lowest BCUT2D eigenvalue weighted by Crippen LogP contribution is -2.07. The van der Waals surface area contributed by atoms with Gasteiger partial charge in [-0.25, -0.2) is 0 Å². The Labute approximate surface area is 150 Å². The van der Waals surface area contributed by atoms with E-state index in [1.807, 2.05) is 56.3 Å². The first-order valence-corrected chi connectivity index (χ1v) is 8.56. The van der Waals surface area contributed by atoms with Gasteiger partial charge >= 0.3 is 0 Å². The number of nitrogens with one attached hydrogen (secondary N) is 1. The summed E-state index contributed by atoms with van der Waals surface area (Å²) in [5.41, 5.74) is 1.60. The molecule has 4 nitrogen and oxygen atoms in total. The third-order valence-corrected chi connectivity index (χ3v) is 3.58. The lowest BCUT2D eigenvalue weighted by molar-refractivity contribution is -0.111. The normalized spacial score (nSPS) is 10.6. The minimum atomic E-state index is -0.194. The Balaban J connectivity index is 2.07. The molecule has 0 unspecified atom stereocenters. The molecule has 0 fully saturated rings. The minimum absolute atomic E-state index is 0.194. The van der Waals surface area contributed by atoms with Gasteiger partial charge in [-0.1, -0.05) is 28.1 Å². The Morgan fingerprint density at radius 2 is 1.83 bits per heavy atom. The number of ether oxygens (including phenoxy) is 2. The fraction of sp³-hybridized carbons (Fsp3) is 0.211. The zero-order chi connectivity index (χ0) is 17.4. The predicted molar refractivity (Wildman–Crippen MR) is 101 cm³/mol. The summed E-state index contributed by atoms with van der Waals surface area (Å²) in [5, 5.41) is 2.81. The summed E-state index contributed by atoms with van der Waals surface area (Å²) in [7, 11) is 0. The van der Waals surface area contributed by atoms with E-state index in [9.17, 15) is 4.79 Å². The highest BCUT2D eigenvalue weighted by atomic mass is 79.9. The molecule has 0 spiro atoms. The van der Waals surface area contributed by atoms with Gasteiger partial charge in [-0.3, -0.25) is 4.79 Å². The minimum Gasteiger partial charge on any atom is -0.490 e. The molecule has 0 aliphatic heterocycles. The van der Waals surface area contributed by atoms with Crippen molar-refractivity contribution in [2.75, 3.05) is 18.5 Å². The van der Waals surface area contributed by atoms with E-state index in [-0.39, 0.29) is 5.91 Å². The molecule has 0 bridgehead atoms. The van der Waals surface area contributed by atoms with Crippen molar-refractivity contribution in [1.29, 1.82) is 0 Å². The van der Waals surface area contributed by atoms with Gasteiger partial charge in [-0.2, -0.15) is 0 Å². The smallest absolute Gasteiger partial charge is 0.248 e. The maximum absolute atomic E-state index is 12.0. The van der Waals surface area contributed by atoms with Gasteiger partial charge in [0.15, 0.2) is 11.5 Å². The van der Waals surface area contributed by atoms with Crippen LogP contribution in [0.25, 0.3) is 6.08 Å². The molecule has 0 saturated carbocycles. The van der Waals surface area contributed by atoms with E-state index in [1.165, 1.54) is 6.08 Å². The van der Waals surface area contributed by atoms with Crippen molar-refractivity contribution < 1.29 is 14.3 Å². The Morgan fingerprint density at radius 3 is 2.54 bits per heavy atom. The van der Waals surface area contributed by atoms with Crippen molar-refractivity contribution in [2.45, 2.75) is 13.8 Å². The topological polar surface area (TPSA) is 47.6 Å². The first kappa shape index (κ1) is 18.1. The van der Waals surface area contributed by atoms with Crippen LogP contribution in [-0.2, 0) is 4.79 Å². The Morgan fingerprint density at radius 1 is 1.08 bits per heavy atom. The van der Waals surface area contributed by atoms with Gasteiger partial charge < -0.3 is 14.8 Å². The number of carbonyl (C=O) groups is 1. The van der Waals surface area contributed by atoms with Crippen molar-refractivity contribution in [3.63, 3.8) is 0 Å². The first-order valence-electron chi connectivity index (χ1n) is 7.76. The molecule has 0 saturated heterocycles. The van der Waals surface area contributed by atoms with E-state index in [2.05, 4.69) is 21.2 Å². The van der Waals surface area contributed by atoms with Crippen LogP contribution in [0.2, 0.25) is 0 Å². The number of benzene rings is 2. The van der Waals surface area contributed by atoms with Gasteiger partial charge in [0.1, 0.15) is 0 Å². The van der Waals surface area contributed by atoms with Crippen LogP contribution in [0, 0.1) is 0 Å². The SMILES string of the molecule is CCOc1ccc(C=CC(=O)Nc2cccc(Br)c2)cc1OCC. The maximum Gasteiger partial charge on any atom is 0.248 e. The van der Waals surface area contributed by atoms with E-state index in [0.29, 0.717) is 24.7 Å². The number of carbonyl (C=O) groups excluding carboxylic acids is 1. The second-order valence-electron chi connectivity index (χ2n) is 4.91. The van der Waals surface area contributed by atoms with Crippen LogP contribution < -0.4 is 14.8 Å². The van der Waals surface area contributed by atoms with E-state index in [0.717, 1.165) is 15.7 Å². The summed E-state index contributed by atoms with van der Waals surface area (Å²) in [6.07, 6.45) is 3.23. The van der Waals surface area contributed by atoms with E-state index < -0.39 is 0 Å². The van der Waals surface area contributed by atoms with E-state index >= 15 is 0 Å². The first-order chi connectivity index (χ1) is 11.6. The molecular weight excluding hydrogens is 370 g/mol. The zero-order valence-electron chi connectivity index (χ0n) is 13.7. The maximum atomic E-state index is 12.0. The molecular formula is C19H20BrNO3. The molecule has 1 amide bonds. The third kappa shape index (κ3) is 5.42. The Hall–Kier alpha value is -2.27. The van der Waals surface area contributed by atoms with E-state index in [4.69, 9.17) is 9.47 Å². The number of anilines is 1. The average molecular weight is 390 g/mol.